The number of phenols is 1. The van der Waals surface area contributed by atoms with Crippen molar-refractivity contribution in [2.75, 3.05) is 56.6 Å². The molecule has 15 nitrogen and oxygen atoms in total. The van der Waals surface area contributed by atoms with E-state index in [1.165, 1.54) is 48.2 Å². The number of ether oxygens (including phenoxy) is 1. The average molecular weight is 910 g/mol. The van der Waals surface area contributed by atoms with Crippen LogP contribution in [-0.2, 0) is 16.3 Å². The van der Waals surface area contributed by atoms with E-state index in [4.69, 9.17) is 10.5 Å². The van der Waals surface area contributed by atoms with Crippen LogP contribution in [0.15, 0.2) is 130 Å². The van der Waals surface area contributed by atoms with Crippen molar-refractivity contribution in [1.29, 1.82) is 0 Å². The number of aliphatic hydroxyl groups excluding tert-OH is 1. The van der Waals surface area contributed by atoms with E-state index in [-0.39, 0.29) is 38.1 Å². The molecule has 1 aliphatic rings. The topological polar surface area (TPSA) is 220 Å². The summed E-state index contributed by atoms with van der Waals surface area (Å²) in [6.07, 6.45) is 3.33. The number of methoxy groups -OCH3 is 1. The minimum atomic E-state index is -4.15. The van der Waals surface area contributed by atoms with Crippen molar-refractivity contribution in [3.8, 4) is 11.5 Å². The van der Waals surface area contributed by atoms with Crippen LogP contribution in [0.4, 0.5) is 17.1 Å². The van der Waals surface area contributed by atoms with Crippen molar-refractivity contribution in [2.24, 2.45) is 5.73 Å². The van der Waals surface area contributed by atoms with Gasteiger partial charge in [0.15, 0.2) is 0 Å². The number of sulfone groups is 1. The first-order valence-electron chi connectivity index (χ1n) is 21.7. The fourth-order valence-electron chi connectivity index (χ4n) is 8.40. The van der Waals surface area contributed by atoms with Crippen LogP contribution in [0, 0.1) is 6.92 Å². The van der Waals surface area contributed by atoms with Crippen LogP contribution in [0.5, 0.6) is 11.5 Å². The van der Waals surface area contributed by atoms with E-state index in [0.717, 1.165) is 31.5 Å². The highest BCUT2D eigenvalue weighted by molar-refractivity contribution is 7.91. The number of hydrogen-bond acceptors (Lipinski definition) is 12. The molecule has 0 spiro atoms. The van der Waals surface area contributed by atoms with E-state index in [2.05, 4.69) is 49.8 Å². The summed E-state index contributed by atoms with van der Waals surface area (Å²) in [6.45, 7) is 4.95. The number of H-pyrrole nitrogens is 1. The van der Waals surface area contributed by atoms with Gasteiger partial charge in [0.1, 0.15) is 11.5 Å². The Balaban J connectivity index is 0.856. The van der Waals surface area contributed by atoms with Gasteiger partial charge in [0, 0.05) is 78.8 Å². The van der Waals surface area contributed by atoms with Gasteiger partial charge in [-0.2, -0.15) is 0 Å². The highest BCUT2D eigenvalue weighted by Crippen LogP contribution is 2.35. The van der Waals surface area contributed by atoms with Gasteiger partial charge < -0.3 is 46.1 Å². The van der Waals surface area contributed by atoms with E-state index in [9.17, 15) is 33.0 Å². The Kier molecular flexibility index (Phi) is 13.4. The Morgan fingerprint density at radius 3 is 2.42 bits per heavy atom. The molecule has 3 heterocycles. The molecule has 2 aromatic heterocycles. The summed E-state index contributed by atoms with van der Waals surface area (Å²) < 4.78 is 33.9. The number of primary amides is 1. The Hall–Kier alpha value is -7.27. The number of benzene rings is 5. The Bertz CT molecular complexity index is 3110. The van der Waals surface area contributed by atoms with Crippen LogP contribution < -0.4 is 31.6 Å². The number of aromatic hydroxyl groups is 1. The summed E-state index contributed by atoms with van der Waals surface area (Å²) >= 11 is 0. The molecule has 66 heavy (non-hydrogen) atoms. The van der Waals surface area contributed by atoms with Gasteiger partial charge in [-0.15, -0.1) is 0 Å². The van der Waals surface area contributed by atoms with Crippen molar-refractivity contribution < 1.29 is 33.0 Å². The number of hydrogen-bond donors (Lipinski definition) is 6. The molecule has 0 unspecified atom stereocenters. The number of carbonyl (C=O) groups excluding carboxylic acids is 2. The summed E-state index contributed by atoms with van der Waals surface area (Å²) in [4.78, 5) is 49.1. The van der Waals surface area contributed by atoms with Gasteiger partial charge in [0.25, 0.3) is 11.8 Å². The van der Waals surface area contributed by atoms with Crippen molar-refractivity contribution in [2.45, 2.75) is 42.1 Å². The molecule has 0 radical (unpaired) electrons. The maximum atomic E-state index is 14.3. The van der Waals surface area contributed by atoms with Gasteiger partial charge in [-0.1, -0.05) is 30.3 Å². The zero-order valence-electron chi connectivity index (χ0n) is 36.6. The number of nitrogens with zero attached hydrogens (tertiary/aromatic N) is 3. The average Bonchev–Trinajstić information content (AvgIpc) is 3.33. The van der Waals surface area contributed by atoms with E-state index in [1.807, 2.05) is 0 Å². The number of rotatable bonds is 16. The van der Waals surface area contributed by atoms with E-state index in [0.29, 0.717) is 82.8 Å². The number of aromatic nitrogens is 2. The number of unbranched alkanes of at least 4 members (excludes halogenated alkanes) is 1. The number of aliphatic hydroxyl groups is 1. The fourth-order valence-corrected chi connectivity index (χ4v) is 9.82. The smallest absolute Gasteiger partial charge is 0.254 e. The van der Waals surface area contributed by atoms with Crippen LogP contribution in [0.25, 0.3) is 21.8 Å². The number of anilines is 3. The number of amides is 2. The van der Waals surface area contributed by atoms with Gasteiger partial charge in [-0.3, -0.25) is 19.4 Å². The third kappa shape index (κ3) is 9.71. The van der Waals surface area contributed by atoms with Crippen LogP contribution in [0.1, 0.15) is 56.4 Å². The lowest BCUT2D eigenvalue weighted by Gasteiger charge is -2.36. The van der Waals surface area contributed by atoms with Gasteiger partial charge in [-0.05, 0) is 116 Å². The van der Waals surface area contributed by atoms with Gasteiger partial charge in [0.05, 0.1) is 45.3 Å². The predicted molar refractivity (Wildman–Crippen MR) is 255 cm³/mol. The molecule has 5 aromatic carbocycles. The van der Waals surface area contributed by atoms with E-state index < -0.39 is 21.8 Å². The van der Waals surface area contributed by atoms with Crippen molar-refractivity contribution in [1.82, 2.24) is 20.2 Å². The lowest BCUT2D eigenvalue weighted by molar-refractivity contribution is 0.0746. The van der Waals surface area contributed by atoms with E-state index in [1.54, 1.807) is 67.5 Å². The normalized spacial score (nSPS) is 13.5. The number of nitrogens with two attached hydrogens (primary N) is 1. The minimum Gasteiger partial charge on any atom is -0.506 e. The van der Waals surface area contributed by atoms with Crippen LogP contribution in [0.2, 0.25) is 0 Å². The molecule has 0 bridgehead atoms. The molecule has 1 fully saturated rings. The first-order chi connectivity index (χ1) is 31.8. The summed E-state index contributed by atoms with van der Waals surface area (Å²) in [7, 11) is -2.61. The molecule has 340 valence electrons. The molecule has 0 aliphatic carbocycles. The second kappa shape index (κ2) is 19.5. The summed E-state index contributed by atoms with van der Waals surface area (Å²) in [5.74, 6) is -0.458. The number of carbonyl (C=O) groups is 2. The lowest BCUT2D eigenvalue weighted by Crippen LogP contribution is -2.48. The Morgan fingerprint density at radius 1 is 0.894 bits per heavy atom. The standard InChI is InChI=1S/C50H51N7O8S/c1-31-25-38(28-41-46(31)53-29-42(49(51)61)47(41)54-34-9-6-10-36(27-34)65-2)66(63,64)37-11-5-8-33(26-37)50(62)57-23-21-56(22-24-57)35-14-12-32(13-15-35)7-3-4-20-52-30-44(59)39-16-18-43(58)48-40(39)17-19-45(60)55-48/h5-6,8-19,25-29,44,52,58-59H,3-4,7,20-24,30H2,1-2H3,(H2,51,61)(H,53,54)(H,55,60)/t44-/m0/s1. The molecule has 7 aromatic rings. The number of aromatic amines is 1. The number of fused-ring (bicyclic) bond motifs is 2. The summed E-state index contributed by atoms with van der Waals surface area (Å²) in [6, 6.07) is 30.7. The van der Waals surface area contributed by atoms with E-state index >= 15 is 0 Å². The number of aryl methyl sites for hydroxylation is 2. The maximum Gasteiger partial charge on any atom is 0.254 e. The second-order valence-electron chi connectivity index (χ2n) is 16.3. The molecule has 0 saturated carbocycles. The Morgan fingerprint density at radius 2 is 1.67 bits per heavy atom. The van der Waals surface area contributed by atoms with Crippen LogP contribution in [0.3, 0.4) is 0 Å². The van der Waals surface area contributed by atoms with Gasteiger partial charge in [0.2, 0.25) is 15.4 Å². The summed E-state index contributed by atoms with van der Waals surface area (Å²) in [5.41, 5.74) is 10.9. The first kappa shape index (κ1) is 45.3. The molecular formula is C50H51N7O8S. The highest BCUT2D eigenvalue weighted by atomic mass is 32.2. The number of pyridine rings is 2. The molecule has 2 amide bonds. The third-order valence-electron chi connectivity index (χ3n) is 12.0. The largest absolute Gasteiger partial charge is 0.506 e. The first-order valence-corrected chi connectivity index (χ1v) is 23.2. The van der Waals surface area contributed by atoms with Gasteiger partial charge >= 0.3 is 0 Å². The molecule has 1 atom stereocenters. The second-order valence-corrected chi connectivity index (χ2v) is 18.3. The molecule has 7 N–H and O–H groups in total. The van der Waals surface area contributed by atoms with Crippen molar-refractivity contribution in [3.63, 3.8) is 0 Å². The Labute approximate surface area is 381 Å². The van der Waals surface area contributed by atoms with Crippen molar-refractivity contribution in [3.05, 3.63) is 154 Å². The summed E-state index contributed by atoms with van der Waals surface area (Å²) in [5, 5.41) is 28.5. The highest BCUT2D eigenvalue weighted by Gasteiger charge is 2.26. The monoisotopic (exact) mass is 909 g/mol. The number of phenolic OH excluding ortho intramolecular Hbond substituents is 1. The van der Waals surface area contributed by atoms with Crippen LogP contribution in [-0.4, -0.2) is 91.7 Å². The molecule has 1 aliphatic heterocycles. The SMILES string of the molecule is COc1cccc(Nc2c(C(N)=O)cnc3c(C)cc(S(=O)(=O)c4cccc(C(=O)N5CCN(c6ccc(CCCCNC[C@H](O)c7ccc(O)c8[nH]c(=O)ccc78)cc6)CC5)c4)cc23)c1. The number of piperazine rings is 1. The zero-order valence-corrected chi connectivity index (χ0v) is 37.4. The molecule has 1 saturated heterocycles. The fraction of sp³-hybridized carbons (Fsp3) is 0.240. The zero-order chi connectivity index (χ0) is 46.5. The van der Waals surface area contributed by atoms with Crippen LogP contribution >= 0.6 is 0 Å². The van der Waals surface area contributed by atoms with Gasteiger partial charge in [-0.25, -0.2) is 8.42 Å². The molecule has 8 rings (SSSR count). The maximum absolute atomic E-state index is 14.3. The molecular weight excluding hydrogens is 859 g/mol. The molecule has 16 heteroatoms. The predicted octanol–water partition coefficient (Wildman–Crippen LogP) is 6.38. The van der Waals surface area contributed by atoms with Crippen molar-refractivity contribution >= 4 is 60.5 Å². The lowest BCUT2D eigenvalue weighted by atomic mass is 10.0. The number of nitrogens with one attached hydrogen (secondary N) is 3. The quantitative estimate of drug-likeness (QED) is 0.0582. The third-order valence-corrected chi connectivity index (χ3v) is 13.7. The minimum absolute atomic E-state index is 0.0273.